The molecular weight excluding hydrogens is 380 g/mol. The number of halogens is 1. The molecule has 25 heavy (non-hydrogen) atoms. The minimum atomic E-state index is -0.230. The normalized spacial score (nSPS) is 16.3. The fourth-order valence-corrected chi connectivity index (χ4v) is 3.67. The van der Waals surface area contributed by atoms with Crippen LogP contribution in [0.2, 0.25) is 0 Å². The molecule has 1 fully saturated rings. The molecule has 0 aliphatic heterocycles. The quantitative estimate of drug-likeness (QED) is 0.581. The number of nitrogens with one attached hydrogen (secondary N) is 2. The van der Waals surface area contributed by atoms with E-state index in [1.807, 2.05) is 38.8 Å². The van der Waals surface area contributed by atoms with Gasteiger partial charge in [-0.3, -0.25) is 9.79 Å². The fourth-order valence-electron chi connectivity index (χ4n) is 2.96. The zero-order valence-corrected chi connectivity index (χ0v) is 17.4. The van der Waals surface area contributed by atoms with E-state index < -0.39 is 0 Å². The van der Waals surface area contributed by atoms with Crippen molar-refractivity contribution in [1.82, 2.24) is 15.5 Å². The molecule has 2 N–H and O–H groups in total. The van der Waals surface area contributed by atoms with Crippen LogP contribution in [0.1, 0.15) is 39.2 Å². The van der Waals surface area contributed by atoms with Crippen LogP contribution in [0.3, 0.4) is 0 Å². The van der Waals surface area contributed by atoms with Gasteiger partial charge >= 0.3 is 0 Å². The maximum atomic E-state index is 12.1. The summed E-state index contributed by atoms with van der Waals surface area (Å²) in [6, 6.07) is 8.39. The smallest absolute Gasteiger partial charge is 0.240 e. The second-order valence-corrected chi connectivity index (χ2v) is 8.67. The van der Waals surface area contributed by atoms with E-state index in [0.29, 0.717) is 0 Å². The third-order valence-corrected chi connectivity index (χ3v) is 5.04. The molecule has 1 aromatic rings. The first-order valence-corrected chi connectivity index (χ1v) is 9.44. The second-order valence-electron chi connectivity index (χ2n) is 7.82. The van der Waals surface area contributed by atoms with Gasteiger partial charge in [-0.15, -0.1) is 0 Å². The van der Waals surface area contributed by atoms with E-state index in [0.717, 1.165) is 29.8 Å². The van der Waals surface area contributed by atoms with Crippen molar-refractivity contribution in [2.24, 2.45) is 4.99 Å². The summed E-state index contributed by atoms with van der Waals surface area (Å²) in [5.74, 6) is 0.729. The number of likely N-dealkylation sites (N-methyl/N-ethyl adjacent to an activating group) is 1. The maximum absolute atomic E-state index is 12.1. The van der Waals surface area contributed by atoms with Crippen molar-refractivity contribution in [3.8, 4) is 0 Å². The molecule has 1 aliphatic rings. The van der Waals surface area contributed by atoms with Gasteiger partial charge in [-0.05, 0) is 45.2 Å². The standard InChI is InChI=1S/C19H29BrN4O/c1-18(2,3)23-16(25)12-24(5)17(21-4)22-13-19(10-11-19)14-8-6-7-9-15(14)20/h6-9H,10-13H2,1-5H3,(H,21,22)(H,23,25). The van der Waals surface area contributed by atoms with E-state index in [4.69, 9.17) is 0 Å². The highest BCUT2D eigenvalue weighted by Gasteiger charge is 2.45. The van der Waals surface area contributed by atoms with Crippen molar-refractivity contribution in [1.29, 1.82) is 0 Å². The largest absolute Gasteiger partial charge is 0.355 e. The van der Waals surface area contributed by atoms with Crippen molar-refractivity contribution in [3.05, 3.63) is 34.3 Å². The number of carbonyl (C=O) groups excluding carboxylic acids is 1. The number of rotatable bonds is 5. The number of amides is 1. The van der Waals surface area contributed by atoms with Crippen molar-refractivity contribution < 1.29 is 4.79 Å². The lowest BCUT2D eigenvalue weighted by Gasteiger charge is -2.27. The molecule has 0 aromatic heterocycles. The molecule has 0 bridgehead atoms. The zero-order valence-electron chi connectivity index (χ0n) is 15.8. The minimum Gasteiger partial charge on any atom is -0.355 e. The van der Waals surface area contributed by atoms with Crippen LogP contribution in [0.25, 0.3) is 0 Å². The van der Waals surface area contributed by atoms with E-state index >= 15 is 0 Å². The van der Waals surface area contributed by atoms with Crippen LogP contribution in [-0.2, 0) is 10.2 Å². The van der Waals surface area contributed by atoms with E-state index in [1.165, 1.54) is 5.56 Å². The Labute approximate surface area is 159 Å². The lowest BCUT2D eigenvalue weighted by molar-refractivity contribution is -0.122. The van der Waals surface area contributed by atoms with Crippen molar-refractivity contribution in [2.75, 3.05) is 27.2 Å². The summed E-state index contributed by atoms with van der Waals surface area (Å²) in [5, 5.41) is 6.42. The molecule has 2 rings (SSSR count). The van der Waals surface area contributed by atoms with Crippen LogP contribution in [0, 0.1) is 0 Å². The molecule has 0 saturated heterocycles. The molecule has 5 nitrogen and oxygen atoms in total. The Kier molecular flexibility index (Phi) is 6.14. The molecule has 1 saturated carbocycles. The number of carbonyl (C=O) groups is 1. The average Bonchev–Trinajstić information content (AvgIpc) is 3.27. The predicted octanol–water partition coefficient (Wildman–Crippen LogP) is 2.90. The summed E-state index contributed by atoms with van der Waals surface area (Å²) in [7, 11) is 3.63. The van der Waals surface area contributed by atoms with Gasteiger partial charge in [0.2, 0.25) is 5.91 Å². The Balaban J connectivity index is 1.94. The molecule has 1 aromatic carbocycles. The Morgan fingerprint density at radius 3 is 2.48 bits per heavy atom. The Bertz CT molecular complexity index is 647. The highest BCUT2D eigenvalue weighted by molar-refractivity contribution is 9.10. The van der Waals surface area contributed by atoms with Gasteiger partial charge in [0.25, 0.3) is 0 Å². The topological polar surface area (TPSA) is 56.7 Å². The van der Waals surface area contributed by atoms with Gasteiger partial charge in [-0.25, -0.2) is 0 Å². The van der Waals surface area contributed by atoms with E-state index in [2.05, 4.69) is 49.8 Å². The van der Waals surface area contributed by atoms with E-state index in [9.17, 15) is 4.79 Å². The monoisotopic (exact) mass is 408 g/mol. The summed E-state index contributed by atoms with van der Waals surface area (Å²) >= 11 is 3.66. The summed E-state index contributed by atoms with van der Waals surface area (Å²) in [6.45, 7) is 7.03. The average molecular weight is 409 g/mol. The first-order valence-electron chi connectivity index (χ1n) is 8.65. The Morgan fingerprint density at radius 1 is 1.32 bits per heavy atom. The predicted molar refractivity (Wildman–Crippen MR) is 107 cm³/mol. The van der Waals surface area contributed by atoms with Crippen LogP contribution in [0.4, 0.5) is 0 Å². The minimum absolute atomic E-state index is 0.00936. The van der Waals surface area contributed by atoms with Gasteiger partial charge in [0, 0.05) is 36.1 Å². The Morgan fingerprint density at radius 2 is 1.96 bits per heavy atom. The summed E-state index contributed by atoms with van der Waals surface area (Å²) in [5.41, 5.74) is 1.27. The molecule has 0 spiro atoms. The zero-order chi connectivity index (χ0) is 18.7. The fraction of sp³-hybridized carbons (Fsp3) is 0.579. The Hall–Kier alpha value is -1.56. The van der Waals surface area contributed by atoms with Gasteiger partial charge in [-0.1, -0.05) is 34.1 Å². The van der Waals surface area contributed by atoms with Crippen LogP contribution in [-0.4, -0.2) is 49.5 Å². The molecular formula is C19H29BrN4O. The summed E-state index contributed by atoms with van der Waals surface area (Å²) in [4.78, 5) is 18.3. The third kappa shape index (κ3) is 5.46. The van der Waals surface area contributed by atoms with Crippen LogP contribution in [0.15, 0.2) is 33.7 Å². The number of hydrogen-bond donors (Lipinski definition) is 2. The van der Waals surface area contributed by atoms with Gasteiger partial charge < -0.3 is 15.5 Å². The highest BCUT2D eigenvalue weighted by atomic mass is 79.9. The lowest BCUT2D eigenvalue weighted by Crippen LogP contribution is -2.49. The van der Waals surface area contributed by atoms with Crippen molar-refractivity contribution in [2.45, 2.75) is 44.6 Å². The lowest BCUT2D eigenvalue weighted by atomic mass is 9.96. The van der Waals surface area contributed by atoms with Gasteiger partial charge in [0.15, 0.2) is 5.96 Å². The van der Waals surface area contributed by atoms with Gasteiger partial charge in [0.05, 0.1) is 6.54 Å². The first kappa shape index (κ1) is 19.8. The molecule has 0 heterocycles. The van der Waals surface area contributed by atoms with Crippen molar-refractivity contribution in [3.63, 3.8) is 0 Å². The van der Waals surface area contributed by atoms with Crippen LogP contribution in [0.5, 0.6) is 0 Å². The van der Waals surface area contributed by atoms with E-state index in [1.54, 1.807) is 7.05 Å². The van der Waals surface area contributed by atoms with Crippen LogP contribution >= 0.6 is 15.9 Å². The SMILES string of the molecule is CN=C(NCC1(c2ccccc2Br)CC1)N(C)CC(=O)NC(C)(C)C. The number of guanidine groups is 1. The number of nitrogens with zero attached hydrogens (tertiary/aromatic N) is 2. The highest BCUT2D eigenvalue weighted by Crippen LogP contribution is 2.49. The van der Waals surface area contributed by atoms with Gasteiger partial charge in [0.1, 0.15) is 0 Å². The third-order valence-electron chi connectivity index (χ3n) is 4.35. The van der Waals surface area contributed by atoms with Crippen molar-refractivity contribution >= 4 is 27.8 Å². The molecule has 0 atom stereocenters. The van der Waals surface area contributed by atoms with Gasteiger partial charge in [-0.2, -0.15) is 0 Å². The molecule has 0 unspecified atom stereocenters. The van der Waals surface area contributed by atoms with Crippen LogP contribution < -0.4 is 10.6 Å². The second kappa shape index (κ2) is 7.77. The maximum Gasteiger partial charge on any atom is 0.240 e. The number of hydrogen-bond acceptors (Lipinski definition) is 2. The summed E-state index contributed by atoms with van der Waals surface area (Å²) in [6.07, 6.45) is 2.32. The molecule has 0 radical (unpaired) electrons. The molecule has 1 amide bonds. The summed E-state index contributed by atoms with van der Waals surface area (Å²) < 4.78 is 1.15. The number of benzene rings is 1. The molecule has 1 aliphatic carbocycles. The first-order chi connectivity index (χ1) is 11.7. The molecule has 138 valence electrons. The molecule has 6 heteroatoms. The van der Waals surface area contributed by atoms with E-state index in [-0.39, 0.29) is 23.4 Å². The number of aliphatic imine (C=N–C) groups is 1.